The summed E-state index contributed by atoms with van der Waals surface area (Å²) in [5.74, 6) is -0.596. The number of aldehydes is 1. The van der Waals surface area contributed by atoms with Gasteiger partial charge in [-0.05, 0) is 18.2 Å². The quantitative estimate of drug-likeness (QED) is 0.687. The van der Waals surface area contributed by atoms with E-state index < -0.39 is 5.82 Å². The fourth-order valence-electron chi connectivity index (χ4n) is 0.792. The highest BCUT2D eigenvalue weighted by Gasteiger charge is 2.00. The first kappa shape index (κ1) is 8.39. The molecule has 0 fully saturated rings. The first-order chi connectivity index (χ1) is 5.77. The van der Waals surface area contributed by atoms with Gasteiger partial charge < -0.3 is 5.32 Å². The van der Waals surface area contributed by atoms with Crippen molar-refractivity contribution < 1.29 is 14.0 Å². The molecule has 0 spiro atoms. The lowest BCUT2D eigenvalue weighted by molar-refractivity contribution is -0.105. The summed E-state index contributed by atoms with van der Waals surface area (Å²) in [4.78, 5) is 20.2. The van der Waals surface area contributed by atoms with Crippen LogP contribution in [0, 0.1) is 5.82 Å². The molecule has 1 rings (SSSR count). The molecule has 0 saturated heterocycles. The molecule has 0 aromatic heterocycles. The molecule has 0 atom stereocenters. The van der Waals surface area contributed by atoms with Gasteiger partial charge in [0, 0.05) is 5.69 Å². The van der Waals surface area contributed by atoms with Crippen molar-refractivity contribution in [3.63, 3.8) is 0 Å². The van der Waals surface area contributed by atoms with E-state index in [-0.39, 0.29) is 5.56 Å². The number of hydrogen-bond donors (Lipinski definition) is 1. The van der Waals surface area contributed by atoms with Gasteiger partial charge in [-0.15, -0.1) is 0 Å². The molecule has 4 heteroatoms. The van der Waals surface area contributed by atoms with Crippen LogP contribution < -0.4 is 5.32 Å². The second-order valence-corrected chi connectivity index (χ2v) is 2.12. The van der Waals surface area contributed by atoms with Crippen LogP contribution in [0.4, 0.5) is 10.1 Å². The van der Waals surface area contributed by atoms with Crippen molar-refractivity contribution in [1.29, 1.82) is 0 Å². The van der Waals surface area contributed by atoms with Crippen LogP contribution in [0.25, 0.3) is 0 Å². The van der Waals surface area contributed by atoms with Gasteiger partial charge in [-0.3, -0.25) is 9.59 Å². The van der Waals surface area contributed by atoms with E-state index in [0.717, 1.165) is 6.07 Å². The third-order valence-corrected chi connectivity index (χ3v) is 1.35. The van der Waals surface area contributed by atoms with Crippen molar-refractivity contribution in [2.75, 3.05) is 5.32 Å². The van der Waals surface area contributed by atoms with Crippen LogP contribution in [-0.4, -0.2) is 12.7 Å². The minimum Gasteiger partial charge on any atom is -0.329 e. The van der Waals surface area contributed by atoms with Crippen LogP contribution in [-0.2, 0) is 4.79 Å². The normalized spacial score (nSPS) is 9.08. The maximum atomic E-state index is 12.7. The van der Waals surface area contributed by atoms with Crippen LogP contribution in [0.5, 0.6) is 0 Å². The van der Waals surface area contributed by atoms with Crippen molar-refractivity contribution in [2.45, 2.75) is 0 Å². The molecule has 1 aromatic rings. The standard InChI is InChI=1S/C8H6FNO2/c9-8-2-1-7(10-5-12)3-6(8)4-11/h1-5H,(H,10,12). The number of anilines is 1. The van der Waals surface area contributed by atoms with Crippen molar-refractivity contribution >= 4 is 18.4 Å². The molecule has 0 aliphatic heterocycles. The molecule has 0 bridgehead atoms. The zero-order chi connectivity index (χ0) is 8.97. The molecule has 1 aromatic carbocycles. The van der Waals surface area contributed by atoms with Crippen LogP contribution in [0.1, 0.15) is 10.4 Å². The van der Waals surface area contributed by atoms with E-state index >= 15 is 0 Å². The summed E-state index contributed by atoms with van der Waals surface area (Å²) in [6.45, 7) is 0. The predicted molar refractivity (Wildman–Crippen MR) is 41.5 cm³/mol. The number of benzene rings is 1. The molecular weight excluding hydrogens is 161 g/mol. The first-order valence-corrected chi connectivity index (χ1v) is 3.23. The Morgan fingerprint density at radius 2 is 2.08 bits per heavy atom. The topological polar surface area (TPSA) is 46.2 Å². The highest BCUT2D eigenvalue weighted by Crippen LogP contribution is 2.11. The van der Waals surface area contributed by atoms with Crippen molar-refractivity contribution in [3.05, 3.63) is 29.6 Å². The predicted octanol–water partition coefficient (Wildman–Crippen LogP) is 1.21. The molecular formula is C8H6FNO2. The van der Waals surface area contributed by atoms with Gasteiger partial charge in [0.1, 0.15) is 5.82 Å². The summed E-state index contributed by atoms with van der Waals surface area (Å²) in [6, 6.07) is 3.75. The SMILES string of the molecule is O=CNc1ccc(F)c(C=O)c1. The Morgan fingerprint density at radius 3 is 2.67 bits per heavy atom. The van der Waals surface area contributed by atoms with Gasteiger partial charge in [-0.1, -0.05) is 0 Å². The molecule has 12 heavy (non-hydrogen) atoms. The van der Waals surface area contributed by atoms with Gasteiger partial charge in [0.25, 0.3) is 0 Å². The molecule has 62 valence electrons. The highest BCUT2D eigenvalue weighted by molar-refractivity contribution is 5.80. The maximum absolute atomic E-state index is 12.7. The van der Waals surface area contributed by atoms with Crippen molar-refractivity contribution in [2.24, 2.45) is 0 Å². The Balaban J connectivity index is 3.04. The van der Waals surface area contributed by atoms with Crippen molar-refractivity contribution in [3.8, 4) is 0 Å². The molecule has 1 N–H and O–H groups in total. The van der Waals surface area contributed by atoms with E-state index in [1.807, 2.05) is 0 Å². The number of halogens is 1. The molecule has 0 aliphatic rings. The number of rotatable bonds is 3. The Labute approximate surface area is 68.2 Å². The first-order valence-electron chi connectivity index (χ1n) is 3.23. The molecule has 0 saturated carbocycles. The fourth-order valence-corrected chi connectivity index (χ4v) is 0.792. The minimum atomic E-state index is -0.596. The summed E-state index contributed by atoms with van der Waals surface area (Å²) in [5, 5.41) is 2.30. The molecule has 1 amide bonds. The number of carbonyl (C=O) groups is 2. The van der Waals surface area contributed by atoms with Gasteiger partial charge >= 0.3 is 0 Å². The van der Waals surface area contributed by atoms with E-state index in [0.29, 0.717) is 18.4 Å². The smallest absolute Gasteiger partial charge is 0.211 e. The average molecular weight is 167 g/mol. The average Bonchev–Trinajstić information content (AvgIpc) is 2.09. The van der Waals surface area contributed by atoms with Crippen LogP contribution in [0.15, 0.2) is 18.2 Å². The van der Waals surface area contributed by atoms with Crippen molar-refractivity contribution in [1.82, 2.24) is 0 Å². The van der Waals surface area contributed by atoms with Gasteiger partial charge in [-0.2, -0.15) is 0 Å². The molecule has 0 heterocycles. The van der Waals surface area contributed by atoms with Crippen LogP contribution >= 0.6 is 0 Å². The Kier molecular flexibility index (Phi) is 2.53. The summed E-state index contributed by atoms with van der Waals surface area (Å²) in [6.07, 6.45) is 0.854. The Bertz CT molecular complexity index is 312. The van der Waals surface area contributed by atoms with Gasteiger partial charge in [0.05, 0.1) is 5.56 Å². The third-order valence-electron chi connectivity index (χ3n) is 1.35. The number of carbonyl (C=O) groups excluding carboxylic acids is 2. The molecule has 3 nitrogen and oxygen atoms in total. The van der Waals surface area contributed by atoms with E-state index in [1.165, 1.54) is 12.1 Å². The maximum Gasteiger partial charge on any atom is 0.211 e. The molecule has 0 radical (unpaired) electrons. The number of amides is 1. The summed E-state index contributed by atoms with van der Waals surface area (Å²) in [5.41, 5.74) is 0.329. The van der Waals surface area contributed by atoms with Crippen LogP contribution in [0.2, 0.25) is 0 Å². The highest BCUT2D eigenvalue weighted by atomic mass is 19.1. The second kappa shape index (κ2) is 3.61. The largest absolute Gasteiger partial charge is 0.329 e. The fraction of sp³-hybridized carbons (Fsp3) is 0. The minimum absolute atomic E-state index is 0.0677. The Morgan fingerprint density at radius 1 is 1.33 bits per heavy atom. The third kappa shape index (κ3) is 1.66. The Hall–Kier alpha value is -1.71. The monoisotopic (exact) mass is 167 g/mol. The summed E-state index contributed by atoms with van der Waals surface area (Å²) < 4.78 is 12.7. The number of hydrogen-bond acceptors (Lipinski definition) is 2. The van der Waals surface area contributed by atoms with Crippen LogP contribution in [0.3, 0.4) is 0 Å². The lowest BCUT2D eigenvalue weighted by Crippen LogP contribution is -1.96. The lowest BCUT2D eigenvalue weighted by Gasteiger charge is -1.99. The molecule has 0 unspecified atom stereocenters. The lowest BCUT2D eigenvalue weighted by atomic mass is 10.2. The molecule has 0 aliphatic carbocycles. The zero-order valence-electron chi connectivity index (χ0n) is 6.08. The van der Waals surface area contributed by atoms with E-state index in [1.54, 1.807) is 0 Å². The van der Waals surface area contributed by atoms with E-state index in [9.17, 15) is 14.0 Å². The summed E-state index contributed by atoms with van der Waals surface area (Å²) >= 11 is 0. The van der Waals surface area contributed by atoms with Gasteiger partial charge in [0.15, 0.2) is 6.29 Å². The van der Waals surface area contributed by atoms with E-state index in [2.05, 4.69) is 5.32 Å². The van der Waals surface area contributed by atoms with Gasteiger partial charge in [0.2, 0.25) is 6.41 Å². The summed E-state index contributed by atoms with van der Waals surface area (Å²) in [7, 11) is 0. The second-order valence-electron chi connectivity index (χ2n) is 2.12. The van der Waals surface area contributed by atoms with E-state index in [4.69, 9.17) is 0 Å². The zero-order valence-corrected chi connectivity index (χ0v) is 6.08. The van der Waals surface area contributed by atoms with Gasteiger partial charge in [-0.25, -0.2) is 4.39 Å². The number of nitrogens with one attached hydrogen (secondary N) is 1.